The minimum Gasteiger partial charge on any atom is -0.297 e. The molecular formula is C5H12NO. The van der Waals surface area contributed by atoms with Crippen molar-refractivity contribution in [3.63, 3.8) is 0 Å². The summed E-state index contributed by atoms with van der Waals surface area (Å²) in [6, 6.07) is 0. The van der Waals surface area contributed by atoms with Crippen LogP contribution in [0, 0.1) is 5.41 Å². The maximum absolute atomic E-state index is 8.03. The Morgan fingerprint density at radius 3 is 1.86 bits per heavy atom. The predicted octanol–water partition coefficient (Wildman–Crippen LogP) is 1.03. The normalized spacial score (nSPS) is 12.0. The van der Waals surface area contributed by atoms with Gasteiger partial charge in [-0.3, -0.25) is 5.21 Å². The van der Waals surface area contributed by atoms with Crippen LogP contribution in [-0.4, -0.2) is 11.8 Å². The second-order valence-corrected chi connectivity index (χ2v) is 2.86. The molecule has 0 bridgehead atoms. The van der Waals surface area contributed by atoms with E-state index in [9.17, 15) is 0 Å². The monoisotopic (exact) mass is 102 g/mol. The second-order valence-electron chi connectivity index (χ2n) is 2.86. The molecule has 0 aromatic carbocycles. The summed E-state index contributed by atoms with van der Waals surface area (Å²) in [5.41, 5.74) is 3.14. The van der Waals surface area contributed by atoms with Gasteiger partial charge in [0.15, 0.2) is 0 Å². The van der Waals surface area contributed by atoms with E-state index in [4.69, 9.17) is 5.21 Å². The van der Waals surface area contributed by atoms with E-state index in [-0.39, 0.29) is 5.41 Å². The lowest BCUT2D eigenvalue weighted by molar-refractivity contribution is 0.121. The van der Waals surface area contributed by atoms with Crippen molar-refractivity contribution in [1.82, 2.24) is 5.48 Å². The molecule has 2 nitrogen and oxygen atoms in total. The Hall–Kier alpha value is -0.0800. The summed E-state index contributed by atoms with van der Waals surface area (Å²) in [4.78, 5) is 0. The van der Waals surface area contributed by atoms with Gasteiger partial charge >= 0.3 is 0 Å². The summed E-state index contributed by atoms with van der Waals surface area (Å²) in [7, 11) is 0. The first kappa shape index (κ1) is 6.92. The van der Waals surface area contributed by atoms with Crippen LogP contribution in [0.25, 0.3) is 0 Å². The number of rotatable bonds is 1. The highest BCUT2D eigenvalue weighted by atomic mass is 16.5. The molecule has 0 amide bonds. The topological polar surface area (TPSA) is 34.3 Å². The van der Waals surface area contributed by atoms with Crippen LogP contribution < -0.4 is 5.48 Å². The SMILES string of the molecule is CC(C)(C)C[N]O. The molecule has 0 aromatic rings. The van der Waals surface area contributed by atoms with Gasteiger partial charge in [0.05, 0.1) is 0 Å². The molecule has 0 aliphatic carbocycles. The van der Waals surface area contributed by atoms with Gasteiger partial charge in [-0.05, 0) is 5.41 Å². The molecule has 0 saturated heterocycles. The molecule has 0 spiro atoms. The van der Waals surface area contributed by atoms with Crippen LogP contribution >= 0.6 is 0 Å². The Balaban J connectivity index is 3.15. The highest BCUT2D eigenvalue weighted by Crippen LogP contribution is 2.09. The van der Waals surface area contributed by atoms with Crippen molar-refractivity contribution in [1.29, 1.82) is 0 Å². The van der Waals surface area contributed by atoms with Crippen LogP contribution in [0.1, 0.15) is 20.8 Å². The lowest BCUT2D eigenvalue weighted by Crippen LogP contribution is -2.18. The van der Waals surface area contributed by atoms with Gasteiger partial charge in [0, 0.05) is 6.54 Å². The van der Waals surface area contributed by atoms with Gasteiger partial charge in [0.1, 0.15) is 0 Å². The van der Waals surface area contributed by atoms with Crippen molar-refractivity contribution < 1.29 is 5.21 Å². The Kier molecular flexibility index (Phi) is 2.26. The Morgan fingerprint density at radius 1 is 1.43 bits per heavy atom. The van der Waals surface area contributed by atoms with E-state index in [2.05, 4.69) is 5.48 Å². The molecule has 43 valence electrons. The molecule has 0 heterocycles. The molecule has 0 rings (SSSR count). The van der Waals surface area contributed by atoms with Crippen LogP contribution in [-0.2, 0) is 0 Å². The van der Waals surface area contributed by atoms with Crippen LogP contribution in [0.5, 0.6) is 0 Å². The van der Waals surface area contributed by atoms with Crippen molar-refractivity contribution in [3.05, 3.63) is 0 Å². The Labute approximate surface area is 44.5 Å². The Bertz CT molecular complexity index is 46.5. The van der Waals surface area contributed by atoms with Gasteiger partial charge in [-0.15, -0.1) is 5.48 Å². The van der Waals surface area contributed by atoms with Crippen molar-refractivity contribution >= 4 is 0 Å². The molecule has 0 unspecified atom stereocenters. The zero-order valence-electron chi connectivity index (χ0n) is 5.10. The number of nitrogens with zero attached hydrogens (tertiary/aromatic N) is 1. The average molecular weight is 102 g/mol. The molecule has 7 heavy (non-hydrogen) atoms. The average Bonchev–Trinajstić information content (AvgIpc) is 1.30. The quantitative estimate of drug-likeness (QED) is 0.493. The minimum atomic E-state index is 0.134. The summed E-state index contributed by atoms with van der Waals surface area (Å²) in [6.45, 7) is 6.58. The van der Waals surface area contributed by atoms with Crippen molar-refractivity contribution in [2.75, 3.05) is 6.54 Å². The fourth-order valence-electron chi connectivity index (χ4n) is 0.212. The molecular weight excluding hydrogens is 90.1 g/mol. The predicted molar refractivity (Wildman–Crippen MR) is 28.2 cm³/mol. The molecule has 0 saturated carbocycles. The van der Waals surface area contributed by atoms with E-state index in [1.165, 1.54) is 0 Å². The summed E-state index contributed by atoms with van der Waals surface area (Å²) in [5, 5.41) is 8.03. The number of hydrogen-bond donors (Lipinski definition) is 1. The summed E-state index contributed by atoms with van der Waals surface area (Å²) < 4.78 is 0. The minimum absolute atomic E-state index is 0.134. The fraction of sp³-hybridized carbons (Fsp3) is 1.00. The van der Waals surface area contributed by atoms with E-state index in [0.29, 0.717) is 6.54 Å². The van der Waals surface area contributed by atoms with Gasteiger partial charge < -0.3 is 0 Å². The zero-order chi connectivity index (χ0) is 5.91. The van der Waals surface area contributed by atoms with E-state index in [1.54, 1.807) is 0 Å². The smallest absolute Gasteiger partial charge is 0.0472 e. The molecule has 0 atom stereocenters. The molecule has 0 aromatic heterocycles. The van der Waals surface area contributed by atoms with Gasteiger partial charge in [-0.1, -0.05) is 20.8 Å². The third-order valence-electron chi connectivity index (χ3n) is 0.545. The first-order valence-electron chi connectivity index (χ1n) is 2.37. The van der Waals surface area contributed by atoms with E-state index in [1.807, 2.05) is 20.8 Å². The molecule has 0 aliphatic heterocycles. The molecule has 1 N–H and O–H groups in total. The first-order valence-corrected chi connectivity index (χ1v) is 2.37. The first-order chi connectivity index (χ1) is 3.06. The molecule has 2 heteroatoms. The maximum Gasteiger partial charge on any atom is 0.0472 e. The highest BCUT2D eigenvalue weighted by molar-refractivity contribution is 4.59. The van der Waals surface area contributed by atoms with E-state index in [0.717, 1.165) is 0 Å². The number of hydrogen-bond acceptors (Lipinski definition) is 1. The standard InChI is InChI=1S/C5H12NO/c1-5(2,3)4-6-7/h7H,4H2,1-3H3. The zero-order valence-corrected chi connectivity index (χ0v) is 5.10. The van der Waals surface area contributed by atoms with E-state index < -0.39 is 0 Å². The summed E-state index contributed by atoms with van der Waals surface area (Å²) >= 11 is 0. The summed E-state index contributed by atoms with van der Waals surface area (Å²) in [6.07, 6.45) is 0. The van der Waals surface area contributed by atoms with Gasteiger partial charge in [0.25, 0.3) is 0 Å². The van der Waals surface area contributed by atoms with Crippen LogP contribution in [0.2, 0.25) is 0 Å². The lowest BCUT2D eigenvalue weighted by Gasteiger charge is -2.13. The van der Waals surface area contributed by atoms with E-state index >= 15 is 0 Å². The molecule has 1 radical (unpaired) electrons. The third kappa shape index (κ3) is 5.92. The number of hydroxylamine groups is 1. The van der Waals surface area contributed by atoms with Gasteiger partial charge in [-0.2, -0.15) is 0 Å². The molecule has 0 fully saturated rings. The summed E-state index contributed by atoms with van der Waals surface area (Å²) in [5.74, 6) is 0. The van der Waals surface area contributed by atoms with Gasteiger partial charge in [0.2, 0.25) is 0 Å². The van der Waals surface area contributed by atoms with Crippen LogP contribution in [0.3, 0.4) is 0 Å². The molecule has 0 aliphatic rings. The fourth-order valence-corrected chi connectivity index (χ4v) is 0.212. The van der Waals surface area contributed by atoms with Gasteiger partial charge in [-0.25, -0.2) is 0 Å². The maximum atomic E-state index is 8.03. The van der Waals surface area contributed by atoms with Crippen LogP contribution in [0.15, 0.2) is 0 Å². The lowest BCUT2D eigenvalue weighted by atomic mass is 9.98. The van der Waals surface area contributed by atoms with Crippen molar-refractivity contribution in [2.45, 2.75) is 20.8 Å². The van der Waals surface area contributed by atoms with Crippen LogP contribution in [0.4, 0.5) is 0 Å². The largest absolute Gasteiger partial charge is 0.297 e. The highest BCUT2D eigenvalue weighted by Gasteiger charge is 2.08. The van der Waals surface area contributed by atoms with Crippen molar-refractivity contribution in [2.24, 2.45) is 5.41 Å². The Morgan fingerprint density at radius 2 is 1.86 bits per heavy atom. The van der Waals surface area contributed by atoms with Crippen molar-refractivity contribution in [3.8, 4) is 0 Å². The third-order valence-corrected chi connectivity index (χ3v) is 0.545. The second kappa shape index (κ2) is 2.28.